The van der Waals surface area contributed by atoms with Gasteiger partial charge in [0.25, 0.3) is 0 Å². The quantitative estimate of drug-likeness (QED) is 0.921. The topological polar surface area (TPSA) is 60.9 Å². The summed E-state index contributed by atoms with van der Waals surface area (Å²) < 4.78 is 13.1. The molecule has 0 aromatic heterocycles. The van der Waals surface area contributed by atoms with Crippen molar-refractivity contribution in [2.75, 3.05) is 25.0 Å². The summed E-state index contributed by atoms with van der Waals surface area (Å²) in [5.74, 6) is -1.72. The maximum Gasteiger partial charge on any atom is 0.324 e. The van der Waals surface area contributed by atoms with Gasteiger partial charge in [0.1, 0.15) is 5.82 Å². The number of anilines is 1. The predicted molar refractivity (Wildman–Crippen MR) is 72.1 cm³/mol. The number of carbonyl (C=O) groups excluding carboxylic acids is 1. The van der Waals surface area contributed by atoms with Gasteiger partial charge < -0.3 is 10.0 Å². The molecule has 1 heterocycles. The van der Waals surface area contributed by atoms with Crippen molar-refractivity contribution in [3.63, 3.8) is 0 Å². The van der Waals surface area contributed by atoms with Crippen LogP contribution in [0.15, 0.2) is 24.3 Å². The standard InChI is InChI=1S/C14H17FN2O3/c1-9(13(18)19)10-7-17(8-10)14(20)16(2)12-5-3-4-11(15)6-12/h3-6,9-10H,7-8H2,1-2H3,(H,18,19). The maximum absolute atomic E-state index is 13.1. The maximum atomic E-state index is 13.1. The van der Waals surface area contributed by atoms with Gasteiger partial charge in [-0.15, -0.1) is 0 Å². The number of rotatable bonds is 3. The molecule has 0 bridgehead atoms. The zero-order valence-corrected chi connectivity index (χ0v) is 11.4. The summed E-state index contributed by atoms with van der Waals surface area (Å²) in [5, 5.41) is 8.90. The SMILES string of the molecule is CC(C(=O)O)C1CN(C(=O)N(C)c2cccc(F)c2)C1. The summed E-state index contributed by atoms with van der Waals surface area (Å²) >= 11 is 0. The van der Waals surface area contributed by atoms with Crippen LogP contribution < -0.4 is 4.90 Å². The molecule has 20 heavy (non-hydrogen) atoms. The first-order chi connectivity index (χ1) is 9.40. The van der Waals surface area contributed by atoms with Gasteiger partial charge in [0.15, 0.2) is 0 Å². The normalized spacial score (nSPS) is 16.4. The largest absolute Gasteiger partial charge is 0.481 e. The second kappa shape index (κ2) is 5.48. The Morgan fingerprint density at radius 1 is 1.45 bits per heavy atom. The lowest BCUT2D eigenvalue weighted by Crippen LogP contribution is -2.56. The predicted octanol–water partition coefficient (Wildman–Crippen LogP) is 2.03. The highest BCUT2D eigenvalue weighted by molar-refractivity contribution is 5.92. The molecule has 1 saturated heterocycles. The average molecular weight is 280 g/mol. The first-order valence-corrected chi connectivity index (χ1v) is 6.41. The van der Waals surface area contributed by atoms with Crippen molar-refractivity contribution in [2.24, 2.45) is 11.8 Å². The lowest BCUT2D eigenvalue weighted by Gasteiger charge is -2.42. The highest BCUT2D eigenvalue weighted by Gasteiger charge is 2.38. The van der Waals surface area contributed by atoms with E-state index < -0.39 is 17.7 Å². The molecular weight excluding hydrogens is 263 g/mol. The van der Waals surface area contributed by atoms with Crippen LogP contribution in [0.5, 0.6) is 0 Å². The lowest BCUT2D eigenvalue weighted by molar-refractivity contribution is -0.144. The van der Waals surface area contributed by atoms with Crippen molar-refractivity contribution >= 4 is 17.7 Å². The van der Waals surface area contributed by atoms with E-state index in [1.165, 1.54) is 17.0 Å². The number of carboxylic acid groups (broad SMARTS) is 1. The Bertz CT molecular complexity index is 529. The molecule has 5 nitrogen and oxygen atoms in total. The number of nitrogens with zero attached hydrogens (tertiary/aromatic N) is 2. The van der Waals surface area contributed by atoms with Crippen molar-refractivity contribution in [2.45, 2.75) is 6.92 Å². The molecule has 1 aliphatic heterocycles. The molecule has 1 aliphatic rings. The second-order valence-corrected chi connectivity index (χ2v) is 5.11. The van der Waals surface area contributed by atoms with E-state index in [9.17, 15) is 14.0 Å². The van der Waals surface area contributed by atoms with Gasteiger partial charge in [-0.2, -0.15) is 0 Å². The van der Waals surface area contributed by atoms with E-state index in [0.717, 1.165) is 0 Å². The number of amides is 2. The van der Waals surface area contributed by atoms with Crippen LogP contribution in [0.4, 0.5) is 14.9 Å². The number of benzene rings is 1. The van der Waals surface area contributed by atoms with Gasteiger partial charge >= 0.3 is 12.0 Å². The van der Waals surface area contributed by atoms with Crippen LogP contribution >= 0.6 is 0 Å². The number of hydrogen-bond donors (Lipinski definition) is 1. The van der Waals surface area contributed by atoms with Gasteiger partial charge in [-0.3, -0.25) is 9.69 Å². The van der Waals surface area contributed by atoms with Gasteiger partial charge in [-0.05, 0) is 18.2 Å². The summed E-state index contributed by atoms with van der Waals surface area (Å²) in [6.07, 6.45) is 0. The molecule has 108 valence electrons. The molecule has 2 rings (SSSR count). The highest BCUT2D eigenvalue weighted by atomic mass is 19.1. The summed E-state index contributed by atoms with van der Waals surface area (Å²) in [7, 11) is 1.57. The third-order valence-electron chi connectivity index (χ3n) is 3.76. The molecule has 0 radical (unpaired) electrons. The molecular formula is C14H17FN2O3. The number of halogens is 1. The van der Waals surface area contributed by atoms with E-state index in [0.29, 0.717) is 18.8 Å². The Hall–Kier alpha value is -2.11. The van der Waals surface area contributed by atoms with Crippen LogP contribution in [-0.4, -0.2) is 42.1 Å². The fourth-order valence-corrected chi connectivity index (χ4v) is 2.19. The van der Waals surface area contributed by atoms with Crippen molar-refractivity contribution in [1.82, 2.24) is 4.90 Å². The summed E-state index contributed by atoms with van der Waals surface area (Å²) in [5.41, 5.74) is 0.477. The molecule has 1 aromatic carbocycles. The van der Waals surface area contributed by atoms with Crippen molar-refractivity contribution < 1.29 is 19.1 Å². The van der Waals surface area contributed by atoms with Crippen molar-refractivity contribution in [3.8, 4) is 0 Å². The molecule has 2 amide bonds. The number of carbonyl (C=O) groups is 2. The minimum atomic E-state index is -0.847. The number of likely N-dealkylation sites (tertiary alicyclic amines) is 1. The smallest absolute Gasteiger partial charge is 0.324 e. The van der Waals surface area contributed by atoms with E-state index in [4.69, 9.17) is 5.11 Å². The first-order valence-electron chi connectivity index (χ1n) is 6.41. The third kappa shape index (κ3) is 2.74. The Morgan fingerprint density at radius 2 is 2.10 bits per heavy atom. The fourth-order valence-electron chi connectivity index (χ4n) is 2.19. The van der Waals surface area contributed by atoms with Crippen molar-refractivity contribution in [3.05, 3.63) is 30.1 Å². The minimum absolute atomic E-state index is 0.0163. The minimum Gasteiger partial charge on any atom is -0.481 e. The molecule has 1 fully saturated rings. The second-order valence-electron chi connectivity index (χ2n) is 5.11. The number of urea groups is 1. The van der Waals surface area contributed by atoms with Crippen LogP contribution in [0.2, 0.25) is 0 Å². The fraction of sp³-hybridized carbons (Fsp3) is 0.429. The summed E-state index contributed by atoms with van der Waals surface area (Å²) in [6, 6.07) is 5.55. The molecule has 0 aliphatic carbocycles. The molecule has 0 spiro atoms. The van der Waals surface area contributed by atoms with Gasteiger partial charge in [-0.1, -0.05) is 13.0 Å². The van der Waals surface area contributed by atoms with E-state index in [1.54, 1.807) is 31.0 Å². The van der Waals surface area contributed by atoms with Crippen LogP contribution in [0, 0.1) is 17.7 Å². The summed E-state index contributed by atoms with van der Waals surface area (Å²) in [4.78, 5) is 25.9. The van der Waals surface area contributed by atoms with E-state index in [-0.39, 0.29) is 11.9 Å². The average Bonchev–Trinajstić information content (AvgIpc) is 2.35. The van der Waals surface area contributed by atoms with Crippen LogP contribution in [0.3, 0.4) is 0 Å². The van der Waals surface area contributed by atoms with Gasteiger partial charge in [0.05, 0.1) is 5.92 Å². The lowest BCUT2D eigenvalue weighted by atomic mass is 9.87. The first kappa shape index (κ1) is 14.3. The van der Waals surface area contributed by atoms with Crippen LogP contribution in [0.25, 0.3) is 0 Å². The number of aliphatic carboxylic acids is 1. The third-order valence-corrected chi connectivity index (χ3v) is 3.76. The number of hydrogen-bond acceptors (Lipinski definition) is 2. The highest BCUT2D eigenvalue weighted by Crippen LogP contribution is 2.26. The Labute approximate surface area is 116 Å². The van der Waals surface area contributed by atoms with Gasteiger partial charge in [0, 0.05) is 31.7 Å². The number of carboxylic acids is 1. The summed E-state index contributed by atoms with van der Waals surface area (Å²) in [6.45, 7) is 2.49. The van der Waals surface area contributed by atoms with Gasteiger partial charge in [-0.25, -0.2) is 9.18 Å². The van der Waals surface area contributed by atoms with Crippen molar-refractivity contribution in [1.29, 1.82) is 0 Å². The molecule has 6 heteroatoms. The Kier molecular flexibility index (Phi) is 3.92. The van der Waals surface area contributed by atoms with Gasteiger partial charge in [0.2, 0.25) is 0 Å². The van der Waals surface area contributed by atoms with E-state index >= 15 is 0 Å². The van der Waals surface area contributed by atoms with Crippen LogP contribution in [-0.2, 0) is 4.79 Å². The van der Waals surface area contributed by atoms with E-state index in [1.807, 2.05) is 0 Å². The zero-order valence-electron chi connectivity index (χ0n) is 11.4. The monoisotopic (exact) mass is 280 g/mol. The van der Waals surface area contributed by atoms with E-state index in [2.05, 4.69) is 0 Å². The van der Waals surface area contributed by atoms with Crippen LogP contribution in [0.1, 0.15) is 6.92 Å². The molecule has 1 aromatic rings. The molecule has 1 N–H and O–H groups in total. The Balaban J connectivity index is 1.95. The molecule has 1 atom stereocenters. The zero-order chi connectivity index (χ0) is 14.9. The molecule has 1 unspecified atom stereocenters. The molecule has 0 saturated carbocycles. The Morgan fingerprint density at radius 3 is 2.65 bits per heavy atom.